The SMILES string of the molecule is C[C@@H]1C=C(NNC(=O)c2ccc(Cn3nnc(-c4ccccc4)n3)cc2)CCC1. The molecule has 0 aliphatic heterocycles. The minimum atomic E-state index is -0.152. The number of rotatable bonds is 6. The summed E-state index contributed by atoms with van der Waals surface area (Å²) in [6.07, 6.45) is 5.50. The highest BCUT2D eigenvalue weighted by Gasteiger charge is 2.11. The number of carbonyl (C=O) groups excluding carboxylic acids is 1. The monoisotopic (exact) mass is 388 g/mol. The maximum atomic E-state index is 12.4. The number of carbonyl (C=O) groups is 1. The fourth-order valence-corrected chi connectivity index (χ4v) is 3.38. The van der Waals surface area contributed by atoms with E-state index >= 15 is 0 Å². The third-order valence-corrected chi connectivity index (χ3v) is 4.95. The molecular formula is C22H24N6O. The molecule has 0 saturated carbocycles. The molecule has 1 aliphatic rings. The number of aromatic nitrogens is 4. The summed E-state index contributed by atoms with van der Waals surface area (Å²) in [6.45, 7) is 2.68. The van der Waals surface area contributed by atoms with E-state index < -0.39 is 0 Å². The fourth-order valence-electron chi connectivity index (χ4n) is 3.38. The van der Waals surface area contributed by atoms with Gasteiger partial charge in [-0.05, 0) is 48.1 Å². The second-order valence-corrected chi connectivity index (χ2v) is 7.35. The van der Waals surface area contributed by atoms with Crippen LogP contribution < -0.4 is 10.9 Å². The first kappa shape index (κ1) is 18.9. The smallest absolute Gasteiger partial charge is 0.269 e. The molecule has 7 nitrogen and oxygen atoms in total. The molecule has 1 aliphatic carbocycles. The van der Waals surface area contributed by atoms with Crippen LogP contribution in [0.4, 0.5) is 0 Å². The Kier molecular flexibility index (Phi) is 5.65. The van der Waals surface area contributed by atoms with Crippen molar-refractivity contribution < 1.29 is 4.79 Å². The van der Waals surface area contributed by atoms with Crippen LogP contribution in [0.3, 0.4) is 0 Å². The number of nitrogens with zero attached hydrogens (tertiary/aromatic N) is 4. The zero-order valence-corrected chi connectivity index (χ0v) is 16.4. The predicted molar refractivity (Wildman–Crippen MR) is 110 cm³/mol. The number of benzene rings is 2. The largest absolute Gasteiger partial charge is 0.303 e. The lowest BCUT2D eigenvalue weighted by atomic mass is 9.96. The van der Waals surface area contributed by atoms with Crippen LogP contribution in [0.1, 0.15) is 42.1 Å². The second kappa shape index (κ2) is 8.68. The van der Waals surface area contributed by atoms with Crippen LogP contribution in [-0.2, 0) is 6.54 Å². The molecule has 0 bridgehead atoms. The molecule has 0 radical (unpaired) electrons. The molecule has 0 fully saturated rings. The molecule has 1 amide bonds. The molecular weight excluding hydrogens is 364 g/mol. The number of allylic oxidation sites excluding steroid dienone is 2. The van der Waals surface area contributed by atoms with Gasteiger partial charge in [0.25, 0.3) is 5.91 Å². The fraction of sp³-hybridized carbons (Fsp3) is 0.273. The molecule has 2 aromatic carbocycles. The van der Waals surface area contributed by atoms with Gasteiger partial charge in [-0.3, -0.25) is 10.2 Å². The molecule has 0 unspecified atom stereocenters. The summed E-state index contributed by atoms with van der Waals surface area (Å²) >= 11 is 0. The van der Waals surface area contributed by atoms with Gasteiger partial charge >= 0.3 is 0 Å². The summed E-state index contributed by atoms with van der Waals surface area (Å²) in [7, 11) is 0. The van der Waals surface area contributed by atoms with Crippen LogP contribution in [0.2, 0.25) is 0 Å². The lowest BCUT2D eigenvalue weighted by molar-refractivity contribution is 0.0937. The van der Waals surface area contributed by atoms with E-state index in [4.69, 9.17) is 0 Å². The van der Waals surface area contributed by atoms with E-state index in [-0.39, 0.29) is 5.91 Å². The van der Waals surface area contributed by atoms with Crippen LogP contribution in [0.15, 0.2) is 66.4 Å². The molecule has 1 atom stereocenters. The molecule has 0 saturated heterocycles. The molecule has 0 spiro atoms. The van der Waals surface area contributed by atoms with Crippen LogP contribution in [0, 0.1) is 5.92 Å². The molecule has 3 aromatic rings. The highest BCUT2D eigenvalue weighted by atomic mass is 16.2. The molecule has 2 N–H and O–H groups in total. The van der Waals surface area contributed by atoms with Crippen LogP contribution in [-0.4, -0.2) is 26.1 Å². The van der Waals surface area contributed by atoms with Crippen LogP contribution >= 0.6 is 0 Å². The Labute approximate surface area is 169 Å². The zero-order valence-electron chi connectivity index (χ0n) is 16.4. The van der Waals surface area contributed by atoms with E-state index in [1.807, 2.05) is 42.5 Å². The third kappa shape index (κ3) is 4.87. The van der Waals surface area contributed by atoms with E-state index in [1.54, 1.807) is 16.9 Å². The van der Waals surface area contributed by atoms with Gasteiger partial charge in [0.1, 0.15) is 0 Å². The third-order valence-electron chi connectivity index (χ3n) is 4.95. The summed E-state index contributed by atoms with van der Waals surface area (Å²) < 4.78 is 0. The lowest BCUT2D eigenvalue weighted by Gasteiger charge is -2.19. The van der Waals surface area contributed by atoms with Crippen molar-refractivity contribution in [2.24, 2.45) is 5.92 Å². The second-order valence-electron chi connectivity index (χ2n) is 7.35. The minimum absolute atomic E-state index is 0.152. The molecule has 4 rings (SSSR count). The van der Waals surface area contributed by atoms with Gasteiger partial charge in [0, 0.05) is 16.8 Å². The van der Waals surface area contributed by atoms with Crippen LogP contribution in [0.25, 0.3) is 11.4 Å². The average Bonchev–Trinajstić information content (AvgIpc) is 3.22. The van der Waals surface area contributed by atoms with Crippen molar-refractivity contribution in [3.05, 3.63) is 77.5 Å². The molecule has 1 aromatic heterocycles. The van der Waals surface area contributed by atoms with Gasteiger partial charge in [0.2, 0.25) is 5.82 Å². The summed E-state index contributed by atoms with van der Waals surface area (Å²) in [5, 5.41) is 12.6. The van der Waals surface area contributed by atoms with Gasteiger partial charge in [-0.2, -0.15) is 4.80 Å². The Hall–Kier alpha value is -3.48. The van der Waals surface area contributed by atoms with E-state index in [9.17, 15) is 4.79 Å². The van der Waals surface area contributed by atoms with Crippen molar-refractivity contribution >= 4 is 5.91 Å². The van der Waals surface area contributed by atoms with Gasteiger partial charge in [0.15, 0.2) is 0 Å². The summed E-state index contributed by atoms with van der Waals surface area (Å²) in [5.41, 5.74) is 9.44. The van der Waals surface area contributed by atoms with Gasteiger partial charge in [-0.1, -0.05) is 55.5 Å². The van der Waals surface area contributed by atoms with Gasteiger partial charge in [0.05, 0.1) is 6.54 Å². The van der Waals surface area contributed by atoms with E-state index in [0.717, 1.165) is 29.7 Å². The Morgan fingerprint density at radius 1 is 1.14 bits per heavy atom. The number of tetrazole rings is 1. The van der Waals surface area contributed by atoms with E-state index in [0.29, 0.717) is 23.9 Å². The average molecular weight is 388 g/mol. The number of hydrogen-bond acceptors (Lipinski definition) is 5. The quantitative estimate of drug-likeness (QED) is 0.633. The van der Waals surface area contributed by atoms with Crippen molar-refractivity contribution in [3.8, 4) is 11.4 Å². The first-order valence-electron chi connectivity index (χ1n) is 9.86. The highest BCUT2D eigenvalue weighted by Crippen LogP contribution is 2.20. The molecule has 1 heterocycles. The maximum Gasteiger partial charge on any atom is 0.269 e. The number of hydrazine groups is 1. The highest BCUT2D eigenvalue weighted by molar-refractivity contribution is 5.93. The number of amides is 1. The van der Waals surface area contributed by atoms with Crippen molar-refractivity contribution in [2.45, 2.75) is 32.7 Å². The van der Waals surface area contributed by atoms with Crippen molar-refractivity contribution in [3.63, 3.8) is 0 Å². The standard InChI is InChI=1S/C22H24N6O/c1-16-6-5-9-20(14-16)23-25-22(29)19-12-10-17(11-13-19)15-28-26-21(24-27-28)18-7-3-2-4-8-18/h2-4,7-8,10-14,16,23H,5-6,9,15H2,1H3,(H,25,29)/t16-/m0/s1. The minimum Gasteiger partial charge on any atom is -0.303 e. The first-order valence-corrected chi connectivity index (χ1v) is 9.86. The van der Waals surface area contributed by atoms with E-state index in [1.165, 1.54) is 6.42 Å². The Balaban J connectivity index is 1.34. The van der Waals surface area contributed by atoms with Crippen molar-refractivity contribution in [2.75, 3.05) is 0 Å². The summed E-state index contributed by atoms with van der Waals surface area (Å²) in [5.74, 6) is 0.996. The lowest BCUT2D eigenvalue weighted by Crippen LogP contribution is -2.37. The molecule has 7 heteroatoms. The topological polar surface area (TPSA) is 84.7 Å². The maximum absolute atomic E-state index is 12.4. The van der Waals surface area contributed by atoms with Crippen molar-refractivity contribution in [1.82, 2.24) is 31.1 Å². The number of hydrogen-bond donors (Lipinski definition) is 2. The van der Waals surface area contributed by atoms with Crippen LogP contribution in [0.5, 0.6) is 0 Å². The van der Waals surface area contributed by atoms with Crippen molar-refractivity contribution in [1.29, 1.82) is 0 Å². The molecule has 148 valence electrons. The first-order chi connectivity index (χ1) is 14.2. The predicted octanol–water partition coefficient (Wildman–Crippen LogP) is 3.33. The van der Waals surface area contributed by atoms with Gasteiger partial charge < -0.3 is 5.43 Å². The normalized spacial score (nSPS) is 16.2. The Morgan fingerprint density at radius 3 is 2.69 bits per heavy atom. The summed E-state index contributed by atoms with van der Waals surface area (Å²) in [4.78, 5) is 13.9. The van der Waals surface area contributed by atoms with Gasteiger partial charge in [-0.15, -0.1) is 10.2 Å². The van der Waals surface area contributed by atoms with Gasteiger partial charge in [-0.25, -0.2) is 0 Å². The Morgan fingerprint density at radius 2 is 1.93 bits per heavy atom. The Bertz CT molecular complexity index is 994. The number of nitrogens with one attached hydrogen (secondary N) is 2. The zero-order chi connectivity index (χ0) is 20.1. The summed E-state index contributed by atoms with van der Waals surface area (Å²) in [6, 6.07) is 17.2. The van der Waals surface area contributed by atoms with E-state index in [2.05, 4.69) is 39.3 Å². The molecule has 29 heavy (non-hydrogen) atoms.